The molecule has 1 aromatic rings. The van der Waals surface area contributed by atoms with Crippen LogP contribution in [-0.4, -0.2) is 11.9 Å². The maximum atomic E-state index is 6.49. The van der Waals surface area contributed by atoms with Crippen LogP contribution in [-0.2, 0) is 9.47 Å². The van der Waals surface area contributed by atoms with Crippen molar-refractivity contribution < 1.29 is 13.9 Å². The van der Waals surface area contributed by atoms with E-state index < -0.39 is 0 Å². The molecule has 0 radical (unpaired) electrons. The quantitative estimate of drug-likeness (QED) is 0.596. The number of hydrogen-bond acceptors (Lipinski definition) is 3. The molecule has 3 heterocycles. The second-order valence-corrected chi connectivity index (χ2v) is 7.34. The van der Waals surface area contributed by atoms with E-state index in [4.69, 9.17) is 13.9 Å². The molecule has 3 atom stereocenters. The average molecular weight is 320 g/mol. The lowest BCUT2D eigenvalue weighted by Gasteiger charge is -2.45. The number of rotatable bonds is 6. The monoisotopic (exact) mass is 320 g/mol. The van der Waals surface area contributed by atoms with Gasteiger partial charge in [0.2, 0.25) is 0 Å². The van der Waals surface area contributed by atoms with E-state index in [2.05, 4.69) is 13.0 Å². The predicted molar refractivity (Wildman–Crippen MR) is 91.3 cm³/mol. The molecule has 2 aliphatic heterocycles. The summed E-state index contributed by atoms with van der Waals surface area (Å²) in [6.07, 6.45) is 13.6. The molecule has 0 amide bonds. The van der Waals surface area contributed by atoms with E-state index in [1.807, 2.05) is 13.0 Å². The summed E-state index contributed by atoms with van der Waals surface area (Å²) in [5.41, 5.74) is 0. The Labute approximate surface area is 140 Å². The van der Waals surface area contributed by atoms with Crippen LogP contribution in [0, 0.1) is 6.92 Å². The molecule has 130 valence electrons. The first-order valence-electron chi connectivity index (χ1n) is 9.63. The van der Waals surface area contributed by atoms with Crippen molar-refractivity contribution in [3.8, 4) is 0 Å². The zero-order valence-electron chi connectivity index (χ0n) is 14.8. The lowest BCUT2D eigenvalue weighted by atomic mass is 9.91. The molecule has 2 aliphatic rings. The normalized spacial score (nSPS) is 31.6. The summed E-state index contributed by atoms with van der Waals surface area (Å²) in [7, 11) is 0. The molecule has 1 aromatic heterocycles. The summed E-state index contributed by atoms with van der Waals surface area (Å²) in [6.45, 7) is 4.25. The third-order valence-corrected chi connectivity index (χ3v) is 5.30. The third kappa shape index (κ3) is 4.39. The predicted octanol–water partition coefficient (Wildman–Crippen LogP) is 6.07. The smallest absolute Gasteiger partial charge is 0.169 e. The molecule has 1 spiro atoms. The maximum Gasteiger partial charge on any atom is 0.169 e. The van der Waals surface area contributed by atoms with Crippen LogP contribution in [0.15, 0.2) is 16.5 Å². The Balaban J connectivity index is 1.57. The van der Waals surface area contributed by atoms with Crippen molar-refractivity contribution in [1.29, 1.82) is 0 Å². The van der Waals surface area contributed by atoms with Crippen LogP contribution in [0.1, 0.15) is 95.2 Å². The highest BCUT2D eigenvalue weighted by Gasteiger charge is 2.43. The van der Waals surface area contributed by atoms with Gasteiger partial charge in [0.05, 0.1) is 6.10 Å². The summed E-state index contributed by atoms with van der Waals surface area (Å²) >= 11 is 0. The van der Waals surface area contributed by atoms with Gasteiger partial charge >= 0.3 is 0 Å². The van der Waals surface area contributed by atoms with E-state index in [1.54, 1.807) is 0 Å². The third-order valence-electron chi connectivity index (χ3n) is 5.30. The van der Waals surface area contributed by atoms with Gasteiger partial charge in [0.15, 0.2) is 5.79 Å². The van der Waals surface area contributed by atoms with E-state index in [0.29, 0.717) is 6.10 Å². The zero-order valence-corrected chi connectivity index (χ0v) is 14.8. The van der Waals surface area contributed by atoms with Crippen molar-refractivity contribution in [2.45, 2.75) is 102 Å². The molecule has 23 heavy (non-hydrogen) atoms. The van der Waals surface area contributed by atoms with Gasteiger partial charge < -0.3 is 13.9 Å². The Morgan fingerprint density at radius 2 is 1.87 bits per heavy atom. The maximum absolute atomic E-state index is 6.49. The Morgan fingerprint density at radius 1 is 1.04 bits per heavy atom. The SMILES string of the molecule is CCCCCC[C@H]1CCC[C@@]2(CCC[C@H](c3ccc(C)o3)O2)O1. The highest BCUT2D eigenvalue weighted by Crippen LogP contribution is 2.44. The van der Waals surface area contributed by atoms with Crippen molar-refractivity contribution >= 4 is 0 Å². The lowest BCUT2D eigenvalue weighted by molar-refractivity contribution is -0.319. The van der Waals surface area contributed by atoms with Gasteiger partial charge in [-0.15, -0.1) is 0 Å². The lowest BCUT2D eigenvalue weighted by Crippen LogP contribution is -2.46. The number of furan rings is 1. The van der Waals surface area contributed by atoms with Crippen LogP contribution in [0.5, 0.6) is 0 Å². The Morgan fingerprint density at radius 3 is 2.61 bits per heavy atom. The second kappa shape index (κ2) is 7.85. The van der Waals surface area contributed by atoms with Gasteiger partial charge in [-0.1, -0.05) is 32.6 Å². The fraction of sp³-hybridized carbons (Fsp3) is 0.800. The molecule has 2 fully saturated rings. The first-order chi connectivity index (χ1) is 11.2. The van der Waals surface area contributed by atoms with Crippen molar-refractivity contribution in [1.82, 2.24) is 0 Å². The fourth-order valence-corrected chi connectivity index (χ4v) is 4.05. The largest absolute Gasteiger partial charge is 0.464 e. The van der Waals surface area contributed by atoms with E-state index >= 15 is 0 Å². The number of aryl methyl sites for hydroxylation is 1. The van der Waals surface area contributed by atoms with E-state index in [1.165, 1.54) is 44.9 Å². The molecule has 0 unspecified atom stereocenters. The molecule has 0 aromatic carbocycles. The number of unbranched alkanes of at least 4 members (excludes halogenated alkanes) is 3. The van der Waals surface area contributed by atoms with Crippen LogP contribution in [0.25, 0.3) is 0 Å². The van der Waals surface area contributed by atoms with Gasteiger partial charge in [-0.2, -0.15) is 0 Å². The van der Waals surface area contributed by atoms with Crippen molar-refractivity contribution in [3.05, 3.63) is 23.7 Å². The molecule has 3 heteroatoms. The first kappa shape index (κ1) is 17.0. The van der Waals surface area contributed by atoms with Crippen LogP contribution >= 0.6 is 0 Å². The highest BCUT2D eigenvalue weighted by atomic mass is 16.7. The van der Waals surface area contributed by atoms with Gasteiger partial charge in [-0.3, -0.25) is 0 Å². The minimum Gasteiger partial charge on any atom is -0.464 e. The Kier molecular flexibility index (Phi) is 5.81. The van der Waals surface area contributed by atoms with Crippen LogP contribution in [0.4, 0.5) is 0 Å². The van der Waals surface area contributed by atoms with Crippen molar-refractivity contribution in [3.63, 3.8) is 0 Å². The highest BCUT2D eigenvalue weighted by molar-refractivity contribution is 5.09. The summed E-state index contributed by atoms with van der Waals surface area (Å²) in [5, 5.41) is 0. The molecule has 0 aliphatic carbocycles. The van der Waals surface area contributed by atoms with Gasteiger partial charge in [0.1, 0.15) is 17.6 Å². The van der Waals surface area contributed by atoms with Crippen molar-refractivity contribution in [2.24, 2.45) is 0 Å². The minimum atomic E-state index is -0.350. The van der Waals surface area contributed by atoms with Crippen molar-refractivity contribution in [2.75, 3.05) is 0 Å². The van der Waals surface area contributed by atoms with Crippen LogP contribution in [0.3, 0.4) is 0 Å². The summed E-state index contributed by atoms with van der Waals surface area (Å²) in [4.78, 5) is 0. The van der Waals surface area contributed by atoms with Gasteiger partial charge in [-0.05, 0) is 51.2 Å². The number of hydrogen-bond donors (Lipinski definition) is 0. The summed E-state index contributed by atoms with van der Waals surface area (Å²) in [5.74, 6) is 1.58. The van der Waals surface area contributed by atoms with Crippen LogP contribution < -0.4 is 0 Å². The van der Waals surface area contributed by atoms with E-state index in [-0.39, 0.29) is 11.9 Å². The fourth-order valence-electron chi connectivity index (χ4n) is 4.05. The molecular weight excluding hydrogens is 288 g/mol. The topological polar surface area (TPSA) is 31.6 Å². The van der Waals surface area contributed by atoms with Gasteiger partial charge in [-0.25, -0.2) is 0 Å². The molecule has 0 N–H and O–H groups in total. The molecule has 3 rings (SSSR count). The summed E-state index contributed by atoms with van der Waals surface area (Å²) < 4.78 is 18.7. The second-order valence-electron chi connectivity index (χ2n) is 7.34. The standard InChI is InChI=1S/C20H32O3/c1-3-4-5-6-9-17-10-7-14-20(22-17)15-8-11-19(23-20)18-13-12-16(2)21-18/h12-13,17,19H,3-11,14-15H2,1-2H3/t17-,19+,20+/m0/s1. The molecule has 0 saturated carbocycles. The first-order valence-corrected chi connectivity index (χ1v) is 9.63. The molecular formula is C20H32O3. The number of ether oxygens (including phenoxy) is 2. The van der Waals surface area contributed by atoms with Crippen LogP contribution in [0.2, 0.25) is 0 Å². The van der Waals surface area contributed by atoms with Gasteiger partial charge in [0.25, 0.3) is 0 Å². The molecule has 0 bridgehead atoms. The van der Waals surface area contributed by atoms with E-state index in [9.17, 15) is 0 Å². The van der Waals surface area contributed by atoms with E-state index in [0.717, 1.165) is 37.2 Å². The zero-order chi connectivity index (χ0) is 16.1. The average Bonchev–Trinajstić information content (AvgIpc) is 2.98. The summed E-state index contributed by atoms with van der Waals surface area (Å²) in [6, 6.07) is 4.09. The molecule has 3 nitrogen and oxygen atoms in total. The van der Waals surface area contributed by atoms with Gasteiger partial charge in [0, 0.05) is 12.8 Å². The Bertz CT molecular complexity index is 477. The Hall–Kier alpha value is -0.800. The minimum absolute atomic E-state index is 0.0660. The molecule has 2 saturated heterocycles.